The highest BCUT2D eigenvalue weighted by atomic mass is 16.5. The number of carbonyl (C=O) groups excluding carboxylic acids is 2. The predicted octanol–water partition coefficient (Wildman–Crippen LogP) is 1.57. The van der Waals surface area contributed by atoms with E-state index < -0.39 is 0 Å². The number of benzene rings is 1. The minimum absolute atomic E-state index is 0.168. The molecule has 1 aromatic heterocycles. The molecule has 1 fully saturated rings. The zero-order valence-corrected chi connectivity index (χ0v) is 14.9. The van der Waals surface area contributed by atoms with E-state index in [1.165, 1.54) is 7.11 Å². The van der Waals surface area contributed by atoms with Crippen LogP contribution in [0.25, 0.3) is 0 Å². The SMILES string of the molecule is COC(=O)c1ccc(CCNC(=O)c2ccn(C3CCCNC3)n2)cc1. The predicted molar refractivity (Wildman–Crippen MR) is 97.2 cm³/mol. The lowest BCUT2D eigenvalue weighted by molar-refractivity contribution is 0.0600. The van der Waals surface area contributed by atoms with Gasteiger partial charge in [0.15, 0.2) is 0 Å². The summed E-state index contributed by atoms with van der Waals surface area (Å²) in [5, 5.41) is 10.7. The Balaban J connectivity index is 1.48. The third-order valence-corrected chi connectivity index (χ3v) is 4.56. The molecule has 0 spiro atoms. The molecule has 7 heteroatoms. The highest BCUT2D eigenvalue weighted by Gasteiger charge is 2.17. The number of nitrogens with zero attached hydrogens (tertiary/aromatic N) is 2. The molecule has 1 aliphatic rings. The molecule has 0 aliphatic carbocycles. The lowest BCUT2D eigenvalue weighted by atomic mass is 10.1. The van der Waals surface area contributed by atoms with Crippen molar-refractivity contribution < 1.29 is 14.3 Å². The van der Waals surface area contributed by atoms with E-state index in [4.69, 9.17) is 0 Å². The molecule has 1 unspecified atom stereocenters. The Morgan fingerprint density at radius 2 is 2.12 bits per heavy atom. The van der Waals surface area contributed by atoms with E-state index in [9.17, 15) is 9.59 Å². The normalized spacial score (nSPS) is 16.9. The van der Waals surface area contributed by atoms with Crippen LogP contribution >= 0.6 is 0 Å². The van der Waals surface area contributed by atoms with E-state index in [0.717, 1.165) is 31.5 Å². The fourth-order valence-corrected chi connectivity index (χ4v) is 3.06. The number of amides is 1. The van der Waals surface area contributed by atoms with Gasteiger partial charge in [0.2, 0.25) is 0 Å². The molecule has 1 saturated heterocycles. The van der Waals surface area contributed by atoms with Gasteiger partial charge in [-0.25, -0.2) is 4.79 Å². The van der Waals surface area contributed by atoms with Crippen LogP contribution in [0.2, 0.25) is 0 Å². The van der Waals surface area contributed by atoms with Crippen molar-refractivity contribution in [1.29, 1.82) is 0 Å². The number of ether oxygens (including phenoxy) is 1. The van der Waals surface area contributed by atoms with Crippen LogP contribution in [0.1, 0.15) is 45.3 Å². The Morgan fingerprint density at radius 3 is 2.81 bits per heavy atom. The van der Waals surface area contributed by atoms with Crippen molar-refractivity contribution in [2.45, 2.75) is 25.3 Å². The number of nitrogens with one attached hydrogen (secondary N) is 2. The number of piperidine rings is 1. The Labute approximate surface area is 152 Å². The first-order chi connectivity index (χ1) is 12.7. The number of rotatable bonds is 6. The van der Waals surface area contributed by atoms with Crippen LogP contribution in [0.3, 0.4) is 0 Å². The minimum Gasteiger partial charge on any atom is -0.465 e. The Bertz CT molecular complexity index is 748. The molecule has 0 radical (unpaired) electrons. The molecule has 2 heterocycles. The van der Waals surface area contributed by atoms with Gasteiger partial charge in [0, 0.05) is 19.3 Å². The number of carbonyl (C=O) groups is 2. The van der Waals surface area contributed by atoms with Crippen molar-refractivity contribution in [3.05, 3.63) is 53.3 Å². The summed E-state index contributed by atoms with van der Waals surface area (Å²) in [4.78, 5) is 23.7. The molecular formula is C19H24N4O3. The minimum atomic E-state index is -0.353. The lowest BCUT2D eigenvalue weighted by Gasteiger charge is -2.22. The molecule has 1 aromatic carbocycles. The van der Waals surface area contributed by atoms with Crippen LogP contribution in [-0.2, 0) is 11.2 Å². The second-order valence-corrected chi connectivity index (χ2v) is 6.38. The molecule has 0 bridgehead atoms. The first kappa shape index (κ1) is 18.1. The van der Waals surface area contributed by atoms with Crippen molar-refractivity contribution >= 4 is 11.9 Å². The van der Waals surface area contributed by atoms with E-state index >= 15 is 0 Å². The average Bonchev–Trinajstić information content (AvgIpc) is 3.19. The Kier molecular flexibility index (Phi) is 6.01. The summed E-state index contributed by atoms with van der Waals surface area (Å²) in [6.07, 6.45) is 4.76. The average molecular weight is 356 g/mol. The third kappa shape index (κ3) is 4.49. The molecule has 138 valence electrons. The fraction of sp³-hybridized carbons (Fsp3) is 0.421. The van der Waals surface area contributed by atoms with Crippen molar-refractivity contribution in [2.75, 3.05) is 26.7 Å². The van der Waals surface area contributed by atoms with Gasteiger partial charge in [0.1, 0.15) is 5.69 Å². The monoisotopic (exact) mass is 356 g/mol. The van der Waals surface area contributed by atoms with Gasteiger partial charge in [-0.3, -0.25) is 9.48 Å². The molecule has 1 amide bonds. The quantitative estimate of drug-likeness (QED) is 0.768. The van der Waals surface area contributed by atoms with Crippen molar-refractivity contribution in [2.24, 2.45) is 0 Å². The van der Waals surface area contributed by atoms with Crippen LogP contribution in [0.4, 0.5) is 0 Å². The number of hydrogen-bond acceptors (Lipinski definition) is 5. The molecular weight excluding hydrogens is 332 g/mol. The van der Waals surface area contributed by atoms with Gasteiger partial charge in [0.25, 0.3) is 5.91 Å². The van der Waals surface area contributed by atoms with E-state index in [2.05, 4.69) is 20.5 Å². The van der Waals surface area contributed by atoms with Gasteiger partial charge in [-0.1, -0.05) is 12.1 Å². The molecule has 2 aromatic rings. The number of esters is 1. The zero-order valence-electron chi connectivity index (χ0n) is 14.9. The van der Waals surface area contributed by atoms with Gasteiger partial charge in [-0.2, -0.15) is 5.10 Å². The maximum atomic E-state index is 12.2. The summed E-state index contributed by atoms with van der Waals surface area (Å²) in [6, 6.07) is 9.26. The van der Waals surface area contributed by atoms with Crippen molar-refractivity contribution in [3.63, 3.8) is 0 Å². The van der Waals surface area contributed by atoms with Gasteiger partial charge < -0.3 is 15.4 Å². The number of methoxy groups -OCH3 is 1. The topological polar surface area (TPSA) is 85.2 Å². The number of hydrogen-bond donors (Lipinski definition) is 2. The lowest BCUT2D eigenvalue weighted by Crippen LogP contribution is -2.32. The smallest absolute Gasteiger partial charge is 0.337 e. The van der Waals surface area contributed by atoms with E-state index in [-0.39, 0.29) is 11.9 Å². The standard InChI is InChI=1S/C19H24N4O3/c1-26-19(25)15-6-4-14(5-7-15)8-11-21-18(24)17-9-12-23(22-17)16-3-2-10-20-13-16/h4-7,9,12,16,20H,2-3,8,10-11,13H2,1H3,(H,21,24). The third-order valence-electron chi connectivity index (χ3n) is 4.56. The van der Waals surface area contributed by atoms with Crippen LogP contribution in [0.15, 0.2) is 36.5 Å². The summed E-state index contributed by atoms with van der Waals surface area (Å²) in [7, 11) is 1.36. The zero-order chi connectivity index (χ0) is 18.4. The van der Waals surface area contributed by atoms with Gasteiger partial charge in [-0.05, 0) is 49.6 Å². The van der Waals surface area contributed by atoms with Crippen LogP contribution in [0, 0.1) is 0 Å². The maximum Gasteiger partial charge on any atom is 0.337 e. The number of aromatic nitrogens is 2. The summed E-state index contributed by atoms with van der Waals surface area (Å²) in [5.41, 5.74) is 2.00. The van der Waals surface area contributed by atoms with E-state index in [1.807, 2.05) is 23.0 Å². The fourth-order valence-electron chi connectivity index (χ4n) is 3.06. The molecule has 7 nitrogen and oxygen atoms in total. The Hall–Kier alpha value is -2.67. The highest BCUT2D eigenvalue weighted by Crippen LogP contribution is 2.15. The molecule has 0 saturated carbocycles. The summed E-state index contributed by atoms with van der Waals surface area (Å²) < 4.78 is 6.56. The van der Waals surface area contributed by atoms with Gasteiger partial charge >= 0.3 is 5.97 Å². The summed E-state index contributed by atoms with van der Waals surface area (Å²) >= 11 is 0. The Morgan fingerprint density at radius 1 is 1.31 bits per heavy atom. The van der Waals surface area contributed by atoms with Crippen LogP contribution in [0.5, 0.6) is 0 Å². The maximum absolute atomic E-state index is 12.2. The molecule has 1 atom stereocenters. The first-order valence-electron chi connectivity index (χ1n) is 8.88. The summed E-state index contributed by atoms with van der Waals surface area (Å²) in [5.74, 6) is -0.521. The summed E-state index contributed by atoms with van der Waals surface area (Å²) in [6.45, 7) is 2.45. The van der Waals surface area contributed by atoms with Crippen molar-refractivity contribution in [1.82, 2.24) is 20.4 Å². The van der Waals surface area contributed by atoms with Crippen molar-refractivity contribution in [3.8, 4) is 0 Å². The molecule has 3 rings (SSSR count). The molecule has 1 aliphatic heterocycles. The molecule has 26 heavy (non-hydrogen) atoms. The van der Waals surface area contributed by atoms with E-state index in [1.54, 1.807) is 18.2 Å². The van der Waals surface area contributed by atoms with Crippen LogP contribution < -0.4 is 10.6 Å². The van der Waals surface area contributed by atoms with Crippen LogP contribution in [-0.4, -0.2) is 48.4 Å². The first-order valence-corrected chi connectivity index (χ1v) is 8.88. The highest BCUT2D eigenvalue weighted by molar-refractivity contribution is 5.92. The largest absolute Gasteiger partial charge is 0.465 e. The second kappa shape index (κ2) is 8.62. The van der Waals surface area contributed by atoms with Gasteiger partial charge in [-0.15, -0.1) is 0 Å². The van der Waals surface area contributed by atoms with E-state index in [0.29, 0.717) is 30.3 Å². The molecule has 2 N–H and O–H groups in total. The second-order valence-electron chi connectivity index (χ2n) is 6.38. The van der Waals surface area contributed by atoms with Gasteiger partial charge in [0.05, 0.1) is 18.7 Å².